The Morgan fingerprint density at radius 1 is 0.342 bits per heavy atom. The highest BCUT2D eigenvalue weighted by molar-refractivity contribution is 4.78. The summed E-state index contributed by atoms with van der Waals surface area (Å²) in [5.74, 6) is 3.14. The molecule has 0 radical (unpaired) electrons. The lowest BCUT2D eigenvalue weighted by molar-refractivity contribution is 0.0101. The van der Waals surface area contributed by atoms with Crippen molar-refractivity contribution in [1.29, 1.82) is 0 Å². The Bertz CT molecular complexity index is 524. The van der Waals surface area contributed by atoms with Crippen LogP contribution >= 0.6 is 0 Å². The van der Waals surface area contributed by atoms with Crippen LogP contribution in [0, 0.1) is 45.3 Å². The lowest BCUT2D eigenvalue weighted by Crippen LogP contribution is -2.29. The van der Waals surface area contributed by atoms with E-state index in [2.05, 4.69) is 83.1 Å². The third kappa shape index (κ3) is 15.0. The van der Waals surface area contributed by atoms with Gasteiger partial charge in [0, 0.05) is 52.9 Å². The van der Waals surface area contributed by atoms with E-state index in [4.69, 9.17) is 18.9 Å². The van der Waals surface area contributed by atoms with E-state index in [0.717, 1.165) is 76.5 Å². The first kappa shape index (κ1) is 35.9. The van der Waals surface area contributed by atoms with Crippen LogP contribution < -0.4 is 0 Å². The Hall–Kier alpha value is -0.160. The number of ether oxygens (including phenoxy) is 4. The van der Waals surface area contributed by atoms with Crippen LogP contribution in [-0.4, -0.2) is 52.9 Å². The molecule has 4 atom stereocenters. The maximum atomic E-state index is 5.41. The molecule has 0 N–H and O–H groups in total. The lowest BCUT2D eigenvalue weighted by Gasteiger charge is -2.33. The van der Waals surface area contributed by atoms with Crippen molar-refractivity contribution in [2.75, 3.05) is 52.9 Å². The van der Waals surface area contributed by atoms with Gasteiger partial charge < -0.3 is 18.9 Å². The quantitative estimate of drug-likeness (QED) is 0.307. The molecule has 228 valence electrons. The maximum absolute atomic E-state index is 5.41. The molecule has 4 heteroatoms. The molecule has 4 saturated heterocycles. The van der Waals surface area contributed by atoms with Crippen LogP contribution in [0.3, 0.4) is 0 Å². The molecule has 38 heavy (non-hydrogen) atoms. The van der Waals surface area contributed by atoms with Gasteiger partial charge in [0.1, 0.15) is 0 Å². The van der Waals surface area contributed by atoms with Gasteiger partial charge in [0.25, 0.3) is 0 Å². The molecule has 0 saturated carbocycles. The summed E-state index contributed by atoms with van der Waals surface area (Å²) < 4.78 is 21.4. The largest absolute Gasteiger partial charge is 0.381 e. The van der Waals surface area contributed by atoms with Gasteiger partial charge in [0.15, 0.2) is 0 Å². The average molecular weight is 541 g/mol. The molecule has 0 aromatic heterocycles. The van der Waals surface area contributed by atoms with E-state index in [1.54, 1.807) is 0 Å². The Morgan fingerprint density at radius 2 is 0.579 bits per heavy atom. The fourth-order valence-corrected chi connectivity index (χ4v) is 5.28. The summed E-state index contributed by atoms with van der Waals surface area (Å²) in [5.41, 5.74) is 1.80. The van der Waals surface area contributed by atoms with Crippen molar-refractivity contribution in [3.63, 3.8) is 0 Å². The first-order chi connectivity index (χ1) is 17.4. The highest BCUT2D eigenvalue weighted by atomic mass is 16.5. The summed E-state index contributed by atoms with van der Waals surface area (Å²) in [6.07, 6.45) is 7.71. The smallest absolute Gasteiger partial charge is 0.0500 e. The van der Waals surface area contributed by atoms with Crippen molar-refractivity contribution >= 4 is 0 Å². The Labute approximate surface area is 238 Å². The van der Waals surface area contributed by atoms with Gasteiger partial charge in [0.2, 0.25) is 0 Å². The third-order valence-corrected chi connectivity index (χ3v) is 9.08. The third-order valence-electron chi connectivity index (χ3n) is 9.08. The zero-order valence-corrected chi connectivity index (χ0v) is 27.8. The molecule has 4 nitrogen and oxygen atoms in total. The lowest BCUT2D eigenvalue weighted by atomic mass is 9.78. The van der Waals surface area contributed by atoms with Crippen molar-refractivity contribution in [2.24, 2.45) is 45.3 Å². The predicted molar refractivity (Wildman–Crippen MR) is 163 cm³/mol. The van der Waals surface area contributed by atoms with Gasteiger partial charge in [0.05, 0.1) is 0 Å². The van der Waals surface area contributed by atoms with Gasteiger partial charge in [-0.1, -0.05) is 83.1 Å². The Balaban J connectivity index is 0.000000254. The van der Waals surface area contributed by atoms with Crippen molar-refractivity contribution in [2.45, 2.75) is 122 Å². The molecule has 0 aromatic carbocycles. The molecule has 0 aromatic rings. The average Bonchev–Trinajstić information content (AvgIpc) is 3.55. The van der Waals surface area contributed by atoms with Gasteiger partial charge in [-0.15, -0.1) is 0 Å². The van der Waals surface area contributed by atoms with Crippen molar-refractivity contribution in [3.8, 4) is 0 Å². The van der Waals surface area contributed by atoms with E-state index in [1.807, 2.05) is 0 Å². The Kier molecular flexibility index (Phi) is 15.4. The topological polar surface area (TPSA) is 36.9 Å². The molecule has 0 aliphatic carbocycles. The summed E-state index contributed by atoms with van der Waals surface area (Å²) in [4.78, 5) is 0. The second kappa shape index (κ2) is 16.3. The van der Waals surface area contributed by atoms with E-state index in [0.29, 0.717) is 21.7 Å². The molecule has 4 rings (SSSR count). The zero-order chi connectivity index (χ0) is 29.0. The summed E-state index contributed by atoms with van der Waals surface area (Å²) in [6, 6.07) is 0. The van der Waals surface area contributed by atoms with Gasteiger partial charge in [-0.2, -0.15) is 0 Å². The first-order valence-corrected chi connectivity index (χ1v) is 15.7. The van der Waals surface area contributed by atoms with Crippen molar-refractivity contribution < 1.29 is 18.9 Å². The highest BCUT2D eigenvalue weighted by Gasteiger charge is 2.29. The van der Waals surface area contributed by atoms with Crippen LogP contribution in [0.15, 0.2) is 0 Å². The minimum absolute atomic E-state index is 0.445. The van der Waals surface area contributed by atoms with E-state index in [1.165, 1.54) is 38.5 Å². The zero-order valence-electron chi connectivity index (χ0n) is 27.8. The number of rotatable bonds is 0. The normalized spacial score (nSPS) is 28.7. The summed E-state index contributed by atoms with van der Waals surface area (Å²) >= 11 is 0. The second-order valence-electron chi connectivity index (χ2n) is 16.4. The van der Waals surface area contributed by atoms with Gasteiger partial charge in [-0.05, 0) is 83.9 Å². The van der Waals surface area contributed by atoms with Gasteiger partial charge >= 0.3 is 0 Å². The first-order valence-electron chi connectivity index (χ1n) is 15.7. The fourth-order valence-electron chi connectivity index (χ4n) is 5.28. The van der Waals surface area contributed by atoms with E-state index >= 15 is 0 Å². The predicted octanol–water partition coefficient (Wildman–Crippen LogP) is 9.06. The number of hydrogen-bond donors (Lipinski definition) is 0. The highest BCUT2D eigenvalue weighted by Crippen LogP contribution is 2.34. The molecule has 0 unspecified atom stereocenters. The fraction of sp³-hybridized carbons (Fsp3) is 1.00. The van der Waals surface area contributed by atoms with Crippen LogP contribution in [0.1, 0.15) is 122 Å². The summed E-state index contributed by atoms with van der Waals surface area (Å²) in [7, 11) is 0. The van der Waals surface area contributed by atoms with Crippen molar-refractivity contribution in [1.82, 2.24) is 0 Å². The van der Waals surface area contributed by atoms with E-state index in [-0.39, 0.29) is 0 Å². The molecular formula is C34H68O4. The molecule has 0 spiro atoms. The monoisotopic (exact) mass is 541 g/mol. The van der Waals surface area contributed by atoms with E-state index in [9.17, 15) is 0 Å². The van der Waals surface area contributed by atoms with Crippen LogP contribution in [0.2, 0.25) is 0 Å². The van der Waals surface area contributed by atoms with Gasteiger partial charge in [-0.3, -0.25) is 0 Å². The molecular weight excluding hydrogens is 472 g/mol. The number of hydrogen-bond acceptors (Lipinski definition) is 4. The minimum Gasteiger partial charge on any atom is -0.381 e. The summed E-state index contributed by atoms with van der Waals surface area (Å²) in [5, 5.41) is 0. The molecule has 4 fully saturated rings. The van der Waals surface area contributed by atoms with Crippen LogP contribution in [0.4, 0.5) is 0 Å². The molecule has 0 amide bonds. The van der Waals surface area contributed by atoms with Gasteiger partial charge in [-0.25, -0.2) is 0 Å². The van der Waals surface area contributed by atoms with Crippen molar-refractivity contribution in [3.05, 3.63) is 0 Å². The molecule has 4 aliphatic rings. The second-order valence-corrected chi connectivity index (χ2v) is 16.4. The van der Waals surface area contributed by atoms with Crippen LogP contribution in [0.5, 0.6) is 0 Å². The molecule has 4 heterocycles. The molecule has 0 bridgehead atoms. The Morgan fingerprint density at radius 3 is 0.684 bits per heavy atom. The summed E-state index contributed by atoms with van der Waals surface area (Å²) in [6.45, 7) is 35.3. The standard InChI is InChI=1S/2C9H18O.2C8H16O/c2*1-9(2,3)8-5-4-6-10-7-8;2*1-8(2,3)7-4-5-9-6-7/h2*8H,4-7H2,1-3H3;2*7H,4-6H2,1-3H3/t2*8-;2*7-/m1010/s1. The maximum Gasteiger partial charge on any atom is 0.0500 e. The van der Waals surface area contributed by atoms with Crippen LogP contribution in [0.25, 0.3) is 0 Å². The van der Waals surface area contributed by atoms with E-state index < -0.39 is 0 Å². The molecule has 4 aliphatic heterocycles. The van der Waals surface area contributed by atoms with Crippen LogP contribution in [-0.2, 0) is 18.9 Å². The SMILES string of the molecule is CC(C)(C)[C@@H]1CCCOC1.CC(C)(C)[C@@H]1CCOC1.CC(C)(C)[C@H]1CCCOC1.CC(C)(C)[C@H]1CCOC1. The minimum atomic E-state index is 0.445.